The highest BCUT2D eigenvalue weighted by molar-refractivity contribution is 6.30. The van der Waals surface area contributed by atoms with E-state index in [2.05, 4.69) is 24.1 Å². The van der Waals surface area contributed by atoms with Crippen LogP contribution in [-0.2, 0) is 20.7 Å². The van der Waals surface area contributed by atoms with Gasteiger partial charge in [0.25, 0.3) is 0 Å². The van der Waals surface area contributed by atoms with Gasteiger partial charge in [-0.25, -0.2) is 0 Å². The Bertz CT molecular complexity index is 1430. The summed E-state index contributed by atoms with van der Waals surface area (Å²) in [7, 11) is 5.19. The Morgan fingerprint density at radius 3 is 2.26 bits per heavy atom. The largest absolute Gasteiger partial charge is 0.493 e. The van der Waals surface area contributed by atoms with Crippen molar-refractivity contribution in [2.24, 2.45) is 11.8 Å². The molecule has 3 aromatic carbocycles. The van der Waals surface area contributed by atoms with Crippen molar-refractivity contribution in [1.29, 1.82) is 0 Å². The van der Waals surface area contributed by atoms with Crippen LogP contribution in [0.1, 0.15) is 62.3 Å². The molecule has 5 rings (SSSR count). The zero-order valence-electron chi connectivity index (χ0n) is 25.6. The summed E-state index contributed by atoms with van der Waals surface area (Å²) in [4.78, 5) is 29.9. The Balaban J connectivity index is 1.42. The maximum Gasteiger partial charge on any atom is 0.308 e. The molecule has 0 bridgehead atoms. The second kappa shape index (κ2) is 13.3. The number of hydrogen-bond acceptors (Lipinski definition) is 6. The van der Waals surface area contributed by atoms with Crippen LogP contribution >= 0.6 is 11.6 Å². The summed E-state index contributed by atoms with van der Waals surface area (Å²) in [6, 6.07) is 19.5. The maximum absolute atomic E-state index is 13.8. The van der Waals surface area contributed by atoms with Crippen LogP contribution in [0.4, 0.5) is 11.4 Å². The van der Waals surface area contributed by atoms with E-state index >= 15 is 0 Å². The molecule has 228 valence electrons. The van der Waals surface area contributed by atoms with Crippen molar-refractivity contribution in [1.82, 2.24) is 0 Å². The first-order valence-electron chi connectivity index (χ1n) is 15.0. The van der Waals surface area contributed by atoms with Gasteiger partial charge in [0, 0.05) is 30.0 Å². The number of anilines is 2. The molecule has 1 aliphatic carbocycles. The van der Waals surface area contributed by atoms with Gasteiger partial charge in [0.2, 0.25) is 5.91 Å². The average molecular weight is 605 g/mol. The molecule has 1 fully saturated rings. The first kappa shape index (κ1) is 30.7. The number of esters is 1. The molecule has 0 saturated heterocycles. The SMILES string of the molecule is COC(=O)C1CCC(CN(C)c2ccc(N3C(=O)Cc4cc(OC)c(OC(C)C)cc4C3c3ccc(Cl)cc3)cc2)CC1. The first-order valence-corrected chi connectivity index (χ1v) is 15.4. The van der Waals surface area contributed by atoms with E-state index in [1.165, 1.54) is 7.11 Å². The van der Waals surface area contributed by atoms with E-state index in [0.29, 0.717) is 22.4 Å². The number of benzene rings is 3. The van der Waals surface area contributed by atoms with Crippen molar-refractivity contribution < 1.29 is 23.8 Å². The van der Waals surface area contributed by atoms with Crippen LogP contribution < -0.4 is 19.3 Å². The molecule has 1 heterocycles. The lowest BCUT2D eigenvalue weighted by Gasteiger charge is -2.38. The molecule has 7 nitrogen and oxygen atoms in total. The molecule has 0 radical (unpaired) electrons. The highest BCUT2D eigenvalue weighted by Gasteiger charge is 2.36. The summed E-state index contributed by atoms with van der Waals surface area (Å²) < 4.78 is 16.7. The second-order valence-electron chi connectivity index (χ2n) is 11.9. The Morgan fingerprint density at radius 1 is 0.977 bits per heavy atom. The van der Waals surface area contributed by atoms with Gasteiger partial charge < -0.3 is 24.0 Å². The molecule has 1 atom stereocenters. The number of ether oxygens (including phenoxy) is 3. The Labute approximate surface area is 259 Å². The first-order chi connectivity index (χ1) is 20.7. The quantitative estimate of drug-likeness (QED) is 0.240. The third-order valence-corrected chi connectivity index (χ3v) is 8.87. The Hall–Kier alpha value is -3.71. The van der Waals surface area contributed by atoms with E-state index < -0.39 is 0 Å². The lowest BCUT2D eigenvalue weighted by Crippen LogP contribution is -2.41. The highest BCUT2D eigenvalue weighted by atomic mass is 35.5. The molecule has 43 heavy (non-hydrogen) atoms. The zero-order valence-corrected chi connectivity index (χ0v) is 26.4. The smallest absolute Gasteiger partial charge is 0.308 e. The minimum absolute atomic E-state index is 0.00972. The molecule has 3 aromatic rings. The fraction of sp³-hybridized carbons (Fsp3) is 0.429. The monoisotopic (exact) mass is 604 g/mol. The lowest BCUT2D eigenvalue weighted by molar-refractivity contribution is -0.146. The number of amides is 1. The van der Waals surface area contributed by atoms with E-state index in [1.54, 1.807) is 7.11 Å². The molecule has 1 amide bonds. The topological polar surface area (TPSA) is 68.3 Å². The molecule has 8 heteroatoms. The van der Waals surface area contributed by atoms with Gasteiger partial charge in [0.15, 0.2) is 11.5 Å². The summed E-state index contributed by atoms with van der Waals surface area (Å²) in [5, 5.41) is 0.641. The standard InChI is InChI=1S/C35H41ClN2O5/c1-22(2)43-32-20-30-26(18-31(32)41-4)19-33(39)38(34(30)24-10-12-27(36)13-11-24)29-16-14-28(15-17-29)37(3)21-23-6-8-25(9-7-23)35(40)42-5/h10-18,20,22-23,25,34H,6-9,19,21H2,1-5H3. The Morgan fingerprint density at radius 2 is 1.65 bits per heavy atom. The van der Waals surface area contributed by atoms with Crippen molar-refractivity contribution in [3.05, 3.63) is 82.4 Å². The van der Waals surface area contributed by atoms with Gasteiger partial charge in [-0.3, -0.25) is 9.59 Å². The van der Waals surface area contributed by atoms with E-state index in [9.17, 15) is 9.59 Å². The number of carbonyl (C=O) groups excluding carboxylic acids is 2. The van der Waals surface area contributed by atoms with E-state index in [0.717, 1.165) is 60.3 Å². The van der Waals surface area contributed by atoms with Gasteiger partial charge in [0.05, 0.1) is 38.7 Å². The van der Waals surface area contributed by atoms with E-state index in [1.807, 2.05) is 67.3 Å². The highest BCUT2D eigenvalue weighted by Crippen LogP contribution is 2.44. The second-order valence-corrected chi connectivity index (χ2v) is 12.3. The summed E-state index contributed by atoms with van der Waals surface area (Å²) in [6.07, 6.45) is 4.01. The predicted molar refractivity (Wildman–Crippen MR) is 170 cm³/mol. The van der Waals surface area contributed by atoms with Crippen LogP contribution in [0.2, 0.25) is 5.02 Å². The fourth-order valence-corrected chi connectivity index (χ4v) is 6.56. The number of hydrogen-bond donors (Lipinski definition) is 0. The van der Waals surface area contributed by atoms with Crippen LogP contribution in [-0.4, -0.2) is 45.8 Å². The van der Waals surface area contributed by atoms with Crippen LogP contribution in [0.15, 0.2) is 60.7 Å². The number of fused-ring (bicyclic) bond motifs is 1. The van der Waals surface area contributed by atoms with Gasteiger partial charge in [0.1, 0.15) is 0 Å². The molecule has 0 N–H and O–H groups in total. The van der Waals surface area contributed by atoms with E-state index in [4.69, 9.17) is 25.8 Å². The average Bonchev–Trinajstić information content (AvgIpc) is 3.00. The zero-order chi connectivity index (χ0) is 30.7. The van der Waals surface area contributed by atoms with Crippen LogP contribution in [0, 0.1) is 11.8 Å². The number of halogens is 1. The van der Waals surface area contributed by atoms with Gasteiger partial charge in [-0.05, 0) is 111 Å². The minimum atomic E-state index is -0.359. The van der Waals surface area contributed by atoms with Gasteiger partial charge in [-0.15, -0.1) is 0 Å². The Kier molecular flexibility index (Phi) is 9.50. The number of rotatable bonds is 9. The summed E-state index contributed by atoms with van der Waals surface area (Å²) in [5.74, 6) is 1.75. The van der Waals surface area contributed by atoms with Crippen molar-refractivity contribution in [2.45, 2.75) is 58.1 Å². The van der Waals surface area contributed by atoms with Crippen LogP contribution in [0.3, 0.4) is 0 Å². The fourth-order valence-electron chi connectivity index (χ4n) is 6.44. The van der Waals surface area contributed by atoms with Crippen molar-refractivity contribution in [3.63, 3.8) is 0 Å². The predicted octanol–water partition coefficient (Wildman–Crippen LogP) is 7.23. The molecule has 1 unspecified atom stereocenters. The van der Waals surface area contributed by atoms with Gasteiger partial charge >= 0.3 is 5.97 Å². The van der Waals surface area contributed by atoms with Crippen LogP contribution in [0.25, 0.3) is 0 Å². The molecule has 1 aliphatic heterocycles. The summed E-state index contributed by atoms with van der Waals surface area (Å²) in [6.45, 7) is 4.88. The van der Waals surface area contributed by atoms with Crippen LogP contribution in [0.5, 0.6) is 11.5 Å². The van der Waals surface area contributed by atoms with Crippen molar-refractivity contribution >= 4 is 34.9 Å². The maximum atomic E-state index is 13.8. The molecule has 0 spiro atoms. The third kappa shape index (κ3) is 6.77. The lowest BCUT2D eigenvalue weighted by atomic mass is 9.82. The number of nitrogens with zero attached hydrogens (tertiary/aromatic N) is 2. The summed E-state index contributed by atoms with van der Waals surface area (Å²) in [5.41, 5.74) is 4.80. The van der Waals surface area contributed by atoms with Gasteiger partial charge in [-0.2, -0.15) is 0 Å². The van der Waals surface area contributed by atoms with Crippen molar-refractivity contribution in [3.8, 4) is 11.5 Å². The molecule has 0 aromatic heterocycles. The molecule has 1 saturated carbocycles. The molecular formula is C35H41ClN2O5. The third-order valence-electron chi connectivity index (χ3n) is 8.62. The summed E-state index contributed by atoms with van der Waals surface area (Å²) >= 11 is 6.26. The minimum Gasteiger partial charge on any atom is -0.493 e. The van der Waals surface area contributed by atoms with Crippen molar-refractivity contribution in [2.75, 3.05) is 37.6 Å². The van der Waals surface area contributed by atoms with E-state index in [-0.39, 0.29) is 36.4 Å². The van der Waals surface area contributed by atoms with Gasteiger partial charge in [-0.1, -0.05) is 23.7 Å². The molecular weight excluding hydrogens is 564 g/mol. The molecule has 2 aliphatic rings. The number of carbonyl (C=O) groups is 2. The normalized spacial score (nSPS) is 20.0. The number of methoxy groups -OCH3 is 2.